The molecule has 1 rings (SSSR count). The number of hydrogen-bond acceptors (Lipinski definition) is 4. The Morgan fingerprint density at radius 2 is 2.26 bits per heavy atom. The third kappa shape index (κ3) is 4.29. The quantitative estimate of drug-likeness (QED) is 0.632. The van der Waals surface area contributed by atoms with E-state index < -0.39 is 22.3 Å². The van der Waals surface area contributed by atoms with Crippen molar-refractivity contribution >= 4 is 11.6 Å². The minimum absolute atomic E-state index is 0.195. The summed E-state index contributed by atoms with van der Waals surface area (Å²) in [5.74, 6) is -1.40. The lowest BCUT2D eigenvalue weighted by Gasteiger charge is -2.12. The lowest BCUT2D eigenvalue weighted by Crippen LogP contribution is -2.32. The molecule has 1 atom stereocenters. The lowest BCUT2D eigenvalue weighted by atomic mass is 10.1. The average molecular weight is 270 g/mol. The number of carbonyl (C=O) groups is 1. The van der Waals surface area contributed by atoms with E-state index >= 15 is 0 Å². The van der Waals surface area contributed by atoms with E-state index in [-0.39, 0.29) is 18.2 Å². The molecule has 0 aromatic heterocycles. The van der Waals surface area contributed by atoms with Gasteiger partial charge in [-0.2, -0.15) is 0 Å². The van der Waals surface area contributed by atoms with Crippen molar-refractivity contribution in [3.63, 3.8) is 0 Å². The Balaban J connectivity index is 2.81. The summed E-state index contributed by atoms with van der Waals surface area (Å²) >= 11 is 0. The van der Waals surface area contributed by atoms with Gasteiger partial charge in [0.1, 0.15) is 11.4 Å². The zero-order valence-corrected chi connectivity index (χ0v) is 10.7. The van der Waals surface area contributed by atoms with Crippen LogP contribution in [0.2, 0.25) is 0 Å². The minimum atomic E-state index is -0.722. The molecule has 6 nitrogen and oxygen atoms in total. The third-order valence-electron chi connectivity index (χ3n) is 2.40. The van der Waals surface area contributed by atoms with E-state index in [1.807, 2.05) is 6.92 Å². The zero-order valence-electron chi connectivity index (χ0n) is 10.7. The topological polar surface area (TPSA) is 81.5 Å². The highest BCUT2D eigenvalue weighted by molar-refractivity contribution is 5.98. The average Bonchev–Trinajstić information content (AvgIpc) is 2.35. The SMILES string of the molecule is CCOC(C)CNC(=O)c1cc(F)ccc1[N+](=O)[O-]. The summed E-state index contributed by atoms with van der Waals surface area (Å²) in [4.78, 5) is 21.8. The lowest BCUT2D eigenvalue weighted by molar-refractivity contribution is -0.385. The number of nitro benzene ring substituents is 1. The van der Waals surface area contributed by atoms with Gasteiger partial charge in [0.25, 0.3) is 11.6 Å². The van der Waals surface area contributed by atoms with Crippen LogP contribution in [0.4, 0.5) is 10.1 Å². The van der Waals surface area contributed by atoms with Gasteiger partial charge in [0.05, 0.1) is 11.0 Å². The summed E-state index contributed by atoms with van der Waals surface area (Å²) in [6.07, 6.45) is -0.221. The van der Waals surface area contributed by atoms with Gasteiger partial charge in [-0.3, -0.25) is 14.9 Å². The number of rotatable bonds is 6. The van der Waals surface area contributed by atoms with Crippen LogP contribution >= 0.6 is 0 Å². The van der Waals surface area contributed by atoms with Crippen molar-refractivity contribution in [3.8, 4) is 0 Å². The maximum absolute atomic E-state index is 13.1. The Hall–Kier alpha value is -2.02. The van der Waals surface area contributed by atoms with E-state index in [4.69, 9.17) is 4.74 Å². The second-order valence-corrected chi connectivity index (χ2v) is 3.89. The highest BCUT2D eigenvalue weighted by atomic mass is 19.1. The Labute approximate surface area is 109 Å². The third-order valence-corrected chi connectivity index (χ3v) is 2.40. The molecule has 0 saturated carbocycles. The molecule has 0 aliphatic heterocycles. The van der Waals surface area contributed by atoms with Gasteiger partial charge in [-0.05, 0) is 26.0 Å². The van der Waals surface area contributed by atoms with Gasteiger partial charge in [0, 0.05) is 19.2 Å². The molecule has 0 spiro atoms. The van der Waals surface area contributed by atoms with Gasteiger partial charge >= 0.3 is 0 Å². The number of hydrogen-bond donors (Lipinski definition) is 1. The molecule has 0 aliphatic carbocycles. The standard InChI is InChI=1S/C12H15FN2O4/c1-3-19-8(2)7-14-12(16)10-6-9(13)4-5-11(10)15(17)18/h4-6,8H,3,7H2,1-2H3,(H,14,16). The summed E-state index contributed by atoms with van der Waals surface area (Å²) in [6.45, 7) is 4.26. The predicted molar refractivity (Wildman–Crippen MR) is 66.5 cm³/mol. The normalized spacial score (nSPS) is 11.9. The number of nitro groups is 1. The Bertz CT molecular complexity index is 479. The highest BCUT2D eigenvalue weighted by Gasteiger charge is 2.21. The number of benzene rings is 1. The van der Waals surface area contributed by atoms with Gasteiger partial charge in [-0.1, -0.05) is 0 Å². The largest absolute Gasteiger partial charge is 0.377 e. The summed E-state index contributed by atoms with van der Waals surface area (Å²) in [5.41, 5.74) is -0.725. The molecule has 0 bridgehead atoms. The Morgan fingerprint density at radius 3 is 2.84 bits per heavy atom. The second kappa shape index (κ2) is 6.79. The summed E-state index contributed by atoms with van der Waals surface area (Å²) in [6, 6.07) is 2.76. The summed E-state index contributed by atoms with van der Waals surface area (Å²) in [5, 5.41) is 13.2. The molecule has 0 fully saturated rings. The van der Waals surface area contributed by atoms with Crippen LogP contribution in [-0.2, 0) is 4.74 Å². The van der Waals surface area contributed by atoms with Gasteiger partial charge in [-0.15, -0.1) is 0 Å². The van der Waals surface area contributed by atoms with Gasteiger partial charge in [0.2, 0.25) is 0 Å². The molecule has 0 aliphatic rings. The van der Waals surface area contributed by atoms with Crippen LogP contribution in [0.1, 0.15) is 24.2 Å². The maximum Gasteiger partial charge on any atom is 0.282 e. The van der Waals surface area contributed by atoms with Crippen LogP contribution in [0.5, 0.6) is 0 Å². The smallest absolute Gasteiger partial charge is 0.282 e. The van der Waals surface area contributed by atoms with Crippen LogP contribution in [0.3, 0.4) is 0 Å². The molecular weight excluding hydrogens is 255 g/mol. The van der Waals surface area contributed by atoms with Crippen LogP contribution in [0, 0.1) is 15.9 Å². The van der Waals surface area contributed by atoms with Crippen molar-refractivity contribution in [1.29, 1.82) is 0 Å². The monoisotopic (exact) mass is 270 g/mol. The molecule has 1 amide bonds. The van der Waals surface area contributed by atoms with Gasteiger partial charge < -0.3 is 10.1 Å². The molecule has 1 aromatic carbocycles. The first-order valence-electron chi connectivity index (χ1n) is 5.79. The first kappa shape index (κ1) is 15.0. The fourth-order valence-corrected chi connectivity index (χ4v) is 1.52. The van der Waals surface area contributed by atoms with E-state index in [0.717, 1.165) is 18.2 Å². The van der Waals surface area contributed by atoms with Crippen molar-refractivity contribution in [2.24, 2.45) is 0 Å². The molecule has 0 heterocycles. The molecule has 1 N–H and O–H groups in total. The number of halogens is 1. The Morgan fingerprint density at radius 1 is 1.58 bits per heavy atom. The molecular formula is C12H15FN2O4. The zero-order chi connectivity index (χ0) is 14.4. The first-order valence-corrected chi connectivity index (χ1v) is 5.79. The molecule has 0 saturated heterocycles. The van der Waals surface area contributed by atoms with Gasteiger partial charge in [-0.25, -0.2) is 4.39 Å². The van der Waals surface area contributed by atoms with E-state index in [1.165, 1.54) is 0 Å². The maximum atomic E-state index is 13.1. The van der Waals surface area contributed by atoms with Crippen molar-refractivity contribution in [2.75, 3.05) is 13.2 Å². The number of nitrogens with zero attached hydrogens (tertiary/aromatic N) is 1. The number of nitrogens with one attached hydrogen (secondary N) is 1. The molecule has 1 unspecified atom stereocenters. The van der Waals surface area contributed by atoms with Crippen molar-refractivity contribution < 1.29 is 18.8 Å². The van der Waals surface area contributed by atoms with Gasteiger partial charge in [0.15, 0.2) is 0 Å². The van der Waals surface area contributed by atoms with Crippen LogP contribution in [-0.4, -0.2) is 30.1 Å². The minimum Gasteiger partial charge on any atom is -0.377 e. The van der Waals surface area contributed by atoms with E-state index in [1.54, 1.807) is 6.92 Å². The first-order chi connectivity index (χ1) is 8.95. The van der Waals surface area contributed by atoms with E-state index in [0.29, 0.717) is 6.61 Å². The predicted octanol–water partition coefficient (Wildman–Crippen LogP) is 1.89. The summed E-state index contributed by atoms with van der Waals surface area (Å²) < 4.78 is 18.3. The number of ether oxygens (including phenoxy) is 1. The number of carbonyl (C=O) groups excluding carboxylic acids is 1. The molecule has 1 aromatic rings. The Kier molecular flexibility index (Phi) is 5.37. The molecule has 0 radical (unpaired) electrons. The van der Waals surface area contributed by atoms with E-state index in [9.17, 15) is 19.3 Å². The van der Waals surface area contributed by atoms with Crippen molar-refractivity contribution in [1.82, 2.24) is 5.32 Å². The van der Waals surface area contributed by atoms with Crippen LogP contribution in [0.25, 0.3) is 0 Å². The fourth-order valence-electron chi connectivity index (χ4n) is 1.52. The fraction of sp³-hybridized carbons (Fsp3) is 0.417. The van der Waals surface area contributed by atoms with Crippen LogP contribution < -0.4 is 5.32 Å². The number of amides is 1. The van der Waals surface area contributed by atoms with Crippen LogP contribution in [0.15, 0.2) is 18.2 Å². The van der Waals surface area contributed by atoms with Crippen molar-refractivity contribution in [3.05, 3.63) is 39.7 Å². The van der Waals surface area contributed by atoms with E-state index in [2.05, 4.69) is 5.32 Å². The highest BCUT2D eigenvalue weighted by Crippen LogP contribution is 2.19. The molecule has 7 heteroatoms. The molecule has 19 heavy (non-hydrogen) atoms. The second-order valence-electron chi connectivity index (χ2n) is 3.89. The molecule has 104 valence electrons. The summed E-state index contributed by atoms with van der Waals surface area (Å²) in [7, 11) is 0. The van der Waals surface area contributed by atoms with Crippen molar-refractivity contribution in [2.45, 2.75) is 20.0 Å².